The molecule has 0 aromatic carbocycles. The summed E-state index contributed by atoms with van der Waals surface area (Å²) in [6, 6.07) is 2.01. The van der Waals surface area contributed by atoms with Gasteiger partial charge in [0.05, 0.1) is 11.8 Å². The van der Waals surface area contributed by atoms with Gasteiger partial charge in [-0.05, 0) is 24.8 Å². The number of anilines is 1. The first-order valence-electron chi connectivity index (χ1n) is 6.26. The zero-order valence-corrected chi connectivity index (χ0v) is 12.3. The first-order valence-corrected chi connectivity index (χ1v) is 7.18. The Morgan fingerprint density at radius 2 is 2.22 bits per heavy atom. The number of imidazole rings is 1. The second-order valence-corrected chi connectivity index (χ2v) is 6.47. The number of aryl methyl sites for hydroxylation is 1. The first-order chi connectivity index (χ1) is 8.65. The van der Waals surface area contributed by atoms with Gasteiger partial charge in [0.1, 0.15) is 5.52 Å². The molecule has 0 saturated heterocycles. The summed E-state index contributed by atoms with van der Waals surface area (Å²) in [5.74, 6) is 1.77. The van der Waals surface area contributed by atoms with Crippen molar-refractivity contribution < 1.29 is 0 Å². The van der Waals surface area contributed by atoms with E-state index in [0.717, 1.165) is 34.1 Å². The molecular formula is C13H17BrN4. The van der Waals surface area contributed by atoms with Crippen LogP contribution in [0.2, 0.25) is 0 Å². The second-order valence-electron chi connectivity index (χ2n) is 5.17. The summed E-state index contributed by atoms with van der Waals surface area (Å²) in [5.41, 5.74) is 2.14. The Morgan fingerprint density at radius 1 is 1.44 bits per heavy atom. The fraction of sp³-hybridized carbons (Fsp3) is 0.538. The maximum Gasteiger partial charge on any atom is 0.156 e. The normalized spacial score (nSPS) is 23.1. The number of rotatable bonds is 3. The number of fused-ring (bicyclic) bond motifs is 1. The summed E-state index contributed by atoms with van der Waals surface area (Å²) in [4.78, 5) is 11.9. The van der Waals surface area contributed by atoms with E-state index in [1.54, 1.807) is 0 Å². The van der Waals surface area contributed by atoms with E-state index in [1.165, 1.54) is 12.8 Å². The Hall–Kier alpha value is -1.10. The van der Waals surface area contributed by atoms with Gasteiger partial charge in [-0.2, -0.15) is 0 Å². The molecule has 5 heteroatoms. The molecule has 1 fully saturated rings. The Balaban J connectivity index is 1.84. The SMILES string of the molecule is CN(CC1CC(Br)C1)c1nccc2c1ncn2C. The number of hydrogen-bond acceptors (Lipinski definition) is 3. The molecular weight excluding hydrogens is 292 g/mol. The molecule has 1 saturated carbocycles. The zero-order valence-electron chi connectivity index (χ0n) is 10.7. The van der Waals surface area contributed by atoms with Crippen LogP contribution in [0.3, 0.4) is 0 Å². The fourth-order valence-corrected chi connectivity index (χ4v) is 3.66. The lowest BCUT2D eigenvalue weighted by atomic mass is 9.85. The lowest BCUT2D eigenvalue weighted by Gasteiger charge is -2.34. The van der Waals surface area contributed by atoms with Gasteiger partial charge in [0.15, 0.2) is 5.82 Å². The van der Waals surface area contributed by atoms with Gasteiger partial charge in [-0.15, -0.1) is 0 Å². The number of hydrogen-bond donors (Lipinski definition) is 0. The summed E-state index contributed by atoms with van der Waals surface area (Å²) in [7, 11) is 4.12. The lowest BCUT2D eigenvalue weighted by molar-refractivity contribution is 0.339. The molecule has 0 amide bonds. The van der Waals surface area contributed by atoms with Gasteiger partial charge in [-0.25, -0.2) is 9.97 Å². The first kappa shape index (κ1) is 12.0. The van der Waals surface area contributed by atoms with Gasteiger partial charge in [0, 0.05) is 31.7 Å². The molecule has 1 aliphatic carbocycles. The summed E-state index contributed by atoms with van der Waals surface area (Å²) < 4.78 is 2.03. The van der Waals surface area contributed by atoms with Gasteiger partial charge in [-0.3, -0.25) is 0 Å². The molecule has 0 unspecified atom stereocenters. The van der Waals surface area contributed by atoms with Gasteiger partial charge < -0.3 is 9.47 Å². The third-order valence-corrected chi connectivity index (χ3v) is 4.44. The molecule has 0 aliphatic heterocycles. The Morgan fingerprint density at radius 3 is 2.94 bits per heavy atom. The molecule has 96 valence electrons. The van der Waals surface area contributed by atoms with Crippen molar-refractivity contribution in [1.82, 2.24) is 14.5 Å². The lowest BCUT2D eigenvalue weighted by Crippen LogP contribution is -2.35. The van der Waals surface area contributed by atoms with Crippen LogP contribution < -0.4 is 4.90 Å². The maximum atomic E-state index is 4.49. The molecule has 2 aromatic rings. The van der Waals surface area contributed by atoms with Crippen molar-refractivity contribution in [2.45, 2.75) is 17.7 Å². The largest absolute Gasteiger partial charge is 0.358 e. The van der Waals surface area contributed by atoms with Crippen molar-refractivity contribution >= 4 is 32.8 Å². The maximum absolute atomic E-state index is 4.49. The number of aromatic nitrogens is 3. The van der Waals surface area contributed by atoms with E-state index in [-0.39, 0.29) is 0 Å². The van der Waals surface area contributed by atoms with Crippen LogP contribution >= 0.6 is 15.9 Å². The number of alkyl halides is 1. The van der Waals surface area contributed by atoms with Crippen molar-refractivity contribution in [3.63, 3.8) is 0 Å². The molecule has 2 heterocycles. The van der Waals surface area contributed by atoms with Crippen molar-refractivity contribution in [2.24, 2.45) is 13.0 Å². The summed E-state index contributed by atoms with van der Waals surface area (Å²) >= 11 is 3.64. The highest BCUT2D eigenvalue weighted by Gasteiger charge is 2.28. The predicted molar refractivity (Wildman–Crippen MR) is 77.2 cm³/mol. The molecule has 3 rings (SSSR count). The topological polar surface area (TPSA) is 34.0 Å². The van der Waals surface area contributed by atoms with Crippen LogP contribution in [0.25, 0.3) is 11.0 Å². The van der Waals surface area contributed by atoms with Gasteiger partial charge in [0.25, 0.3) is 0 Å². The highest BCUT2D eigenvalue weighted by atomic mass is 79.9. The molecule has 0 bridgehead atoms. The Bertz CT molecular complexity index is 559. The summed E-state index contributed by atoms with van der Waals surface area (Å²) in [6.45, 7) is 1.06. The van der Waals surface area contributed by atoms with Crippen molar-refractivity contribution in [3.05, 3.63) is 18.6 Å². The van der Waals surface area contributed by atoms with Crippen LogP contribution in [0.15, 0.2) is 18.6 Å². The highest BCUT2D eigenvalue weighted by Crippen LogP contribution is 2.34. The van der Waals surface area contributed by atoms with E-state index < -0.39 is 0 Å². The third-order valence-electron chi connectivity index (χ3n) is 3.70. The second kappa shape index (κ2) is 4.53. The van der Waals surface area contributed by atoms with E-state index in [1.807, 2.05) is 30.2 Å². The minimum atomic E-state index is 0.717. The van der Waals surface area contributed by atoms with E-state index in [2.05, 4.69) is 37.8 Å². The summed E-state index contributed by atoms with van der Waals surface area (Å²) in [6.07, 6.45) is 6.25. The minimum absolute atomic E-state index is 0.717. The number of halogens is 1. The zero-order chi connectivity index (χ0) is 12.7. The minimum Gasteiger partial charge on any atom is -0.358 e. The molecule has 4 nitrogen and oxygen atoms in total. The fourth-order valence-electron chi connectivity index (χ4n) is 2.60. The van der Waals surface area contributed by atoms with Crippen LogP contribution in [-0.4, -0.2) is 33.0 Å². The van der Waals surface area contributed by atoms with E-state index in [9.17, 15) is 0 Å². The smallest absolute Gasteiger partial charge is 0.156 e. The van der Waals surface area contributed by atoms with Crippen LogP contribution in [0.5, 0.6) is 0 Å². The monoisotopic (exact) mass is 308 g/mol. The van der Waals surface area contributed by atoms with E-state index >= 15 is 0 Å². The van der Waals surface area contributed by atoms with Crippen LogP contribution in [0, 0.1) is 5.92 Å². The molecule has 1 aliphatic rings. The quantitative estimate of drug-likeness (QED) is 0.817. The predicted octanol–water partition coefficient (Wildman–Crippen LogP) is 2.58. The standard InChI is InChI=1S/C13H17BrN4/c1-17(7-9-5-10(14)6-9)13-12-11(3-4-15-13)18(2)8-16-12/h3-4,8-10H,5-7H2,1-2H3. The van der Waals surface area contributed by atoms with Crippen LogP contribution in [0.1, 0.15) is 12.8 Å². The molecule has 18 heavy (non-hydrogen) atoms. The van der Waals surface area contributed by atoms with Gasteiger partial charge >= 0.3 is 0 Å². The molecule has 2 aromatic heterocycles. The molecule has 0 N–H and O–H groups in total. The van der Waals surface area contributed by atoms with Crippen molar-refractivity contribution in [2.75, 3.05) is 18.5 Å². The Kier molecular flexibility index (Phi) is 3.01. The van der Waals surface area contributed by atoms with Crippen molar-refractivity contribution in [1.29, 1.82) is 0 Å². The molecule has 0 spiro atoms. The van der Waals surface area contributed by atoms with E-state index in [4.69, 9.17) is 0 Å². The summed E-state index contributed by atoms with van der Waals surface area (Å²) in [5, 5.41) is 0. The van der Waals surface area contributed by atoms with Gasteiger partial charge in [-0.1, -0.05) is 15.9 Å². The van der Waals surface area contributed by atoms with Crippen LogP contribution in [-0.2, 0) is 7.05 Å². The van der Waals surface area contributed by atoms with Gasteiger partial charge in [0.2, 0.25) is 0 Å². The molecule has 0 atom stereocenters. The average Bonchev–Trinajstić information content (AvgIpc) is 2.69. The average molecular weight is 309 g/mol. The highest BCUT2D eigenvalue weighted by molar-refractivity contribution is 9.09. The van der Waals surface area contributed by atoms with Crippen molar-refractivity contribution in [3.8, 4) is 0 Å². The number of pyridine rings is 1. The van der Waals surface area contributed by atoms with Crippen LogP contribution in [0.4, 0.5) is 5.82 Å². The molecule has 0 radical (unpaired) electrons. The number of nitrogens with zero attached hydrogens (tertiary/aromatic N) is 4. The van der Waals surface area contributed by atoms with E-state index in [0.29, 0.717) is 0 Å². The third kappa shape index (κ3) is 2.00. The Labute approximate surface area is 115 Å².